The molecule has 4 heterocycles. The Morgan fingerprint density at radius 1 is 0.348 bits per heavy atom. The van der Waals surface area contributed by atoms with Gasteiger partial charge in [-0.3, -0.25) is 0 Å². The summed E-state index contributed by atoms with van der Waals surface area (Å²) in [6.07, 6.45) is 10.6. The van der Waals surface area contributed by atoms with Crippen LogP contribution in [0.1, 0.15) is 132 Å². The maximum Gasteiger partial charge on any atom is 0.480 e. The highest BCUT2D eigenvalue weighted by Gasteiger charge is 2.29. The van der Waals surface area contributed by atoms with E-state index in [2.05, 4.69) is 270 Å². The molecule has 0 spiro atoms. The van der Waals surface area contributed by atoms with Crippen LogP contribution in [0.5, 0.6) is 0 Å². The quantitative estimate of drug-likeness (QED) is 0.0664. The van der Waals surface area contributed by atoms with Crippen LogP contribution in [-0.4, -0.2) is 49.5 Å². The molecule has 2 nitrogen and oxygen atoms in total. The lowest BCUT2D eigenvalue weighted by Crippen LogP contribution is -2.29. The summed E-state index contributed by atoms with van der Waals surface area (Å²) in [6, 6.07) is 54.5. The molecule has 9 aromatic rings. The molecule has 0 saturated carbocycles. The Bertz CT molecular complexity index is 3790. The van der Waals surface area contributed by atoms with Gasteiger partial charge in [0.1, 0.15) is 32.3 Å². The molecule has 0 aliphatic carbocycles. The van der Waals surface area contributed by atoms with Crippen molar-refractivity contribution in [3.05, 3.63) is 178 Å². The van der Waals surface area contributed by atoms with Crippen LogP contribution < -0.4 is 0 Å². The van der Waals surface area contributed by atoms with Crippen molar-refractivity contribution in [1.29, 1.82) is 0 Å². The third-order valence-corrected chi connectivity index (χ3v) is 43.0. The molecular weight excluding hydrogens is 1360 g/mol. The molecule has 0 aliphatic heterocycles. The molecule has 0 atom stereocenters. The summed E-state index contributed by atoms with van der Waals surface area (Å²) in [7, 11) is -7.73. The Hall–Kier alpha value is -4.79. The molecule has 0 bridgehead atoms. The SMILES string of the molecule is CC[Si](C#Cc1c2cc(/C=C/c3ccccc3)sc2c(C#C[Si](CC)(CC)CC)c2cc(/C=C/c3ccccc3)sc12)(CC)CC.CC[Si](C#Cc1c2cc(Br)sc2c(C#C[Si](CC)(CC)CC)c2cc(Br)sc12)(CC)CC.OB(O)/C=C/c1ccccc1. The summed E-state index contributed by atoms with van der Waals surface area (Å²) in [5.74, 6) is 16.5. The first-order valence-electron chi connectivity index (χ1n) is 32.1. The third-order valence-electron chi connectivity index (χ3n) is 18.6. The first kappa shape index (κ1) is 71.7. The van der Waals surface area contributed by atoms with Gasteiger partial charge in [0.25, 0.3) is 0 Å². The van der Waals surface area contributed by atoms with E-state index in [0.717, 1.165) is 13.1 Å². The van der Waals surface area contributed by atoms with Gasteiger partial charge in [-0.05, 0) is 157 Å². The zero-order chi connectivity index (χ0) is 64.2. The lowest BCUT2D eigenvalue weighted by Gasteiger charge is -2.20. The smallest absolute Gasteiger partial charge is 0.424 e. The topological polar surface area (TPSA) is 40.5 Å². The largest absolute Gasteiger partial charge is 0.480 e. The highest BCUT2D eigenvalue weighted by molar-refractivity contribution is 9.11. The molecule has 89 heavy (non-hydrogen) atoms. The fourth-order valence-corrected chi connectivity index (χ4v) is 26.4. The van der Waals surface area contributed by atoms with Crippen molar-refractivity contribution < 1.29 is 10.0 Å². The number of thiophene rings is 4. The van der Waals surface area contributed by atoms with Gasteiger partial charge in [-0.25, -0.2) is 0 Å². The van der Waals surface area contributed by atoms with Gasteiger partial charge < -0.3 is 10.0 Å². The summed E-state index contributed by atoms with van der Waals surface area (Å²) < 4.78 is 7.47. The second-order valence-corrected chi connectivity index (χ2v) is 49.7. The van der Waals surface area contributed by atoms with Crippen molar-refractivity contribution in [3.8, 4) is 45.9 Å². The first-order chi connectivity index (χ1) is 43.0. The van der Waals surface area contributed by atoms with Crippen molar-refractivity contribution >= 4 is 187 Å². The van der Waals surface area contributed by atoms with E-state index in [-0.39, 0.29) is 0 Å². The molecule has 0 radical (unpaired) electrons. The highest BCUT2D eigenvalue weighted by atomic mass is 79.9. The number of hydrogen-bond acceptors (Lipinski definition) is 6. The van der Waals surface area contributed by atoms with Crippen LogP contribution in [-0.2, 0) is 0 Å². The Labute approximate surface area is 570 Å². The van der Waals surface area contributed by atoms with E-state index in [1.54, 1.807) is 28.7 Å². The number of benzene rings is 5. The Balaban J connectivity index is 0.000000226. The second kappa shape index (κ2) is 34.2. The van der Waals surface area contributed by atoms with Crippen LogP contribution in [0, 0.1) is 45.9 Å². The summed E-state index contributed by atoms with van der Waals surface area (Å²) in [6.45, 7) is 28.0. The van der Waals surface area contributed by atoms with Crippen LogP contribution in [0.3, 0.4) is 0 Å². The highest BCUT2D eigenvalue weighted by Crippen LogP contribution is 2.45. The maximum atomic E-state index is 8.48. The van der Waals surface area contributed by atoms with Crippen LogP contribution in [0.2, 0.25) is 72.5 Å². The fourth-order valence-electron chi connectivity index (χ4n) is 11.3. The third kappa shape index (κ3) is 18.1. The minimum absolute atomic E-state index is 0.959. The molecule has 0 aliphatic rings. The zero-order valence-electron chi connectivity index (χ0n) is 54.3. The van der Waals surface area contributed by atoms with Gasteiger partial charge in [-0.15, -0.1) is 67.5 Å². The molecule has 13 heteroatoms. The van der Waals surface area contributed by atoms with Crippen molar-refractivity contribution in [2.45, 2.75) is 156 Å². The lowest BCUT2D eigenvalue weighted by molar-refractivity contribution is 0.424. The summed E-state index contributed by atoms with van der Waals surface area (Å²) in [4.78, 5) is 2.50. The molecular formula is C76H87BBr2O2S4Si4. The lowest BCUT2D eigenvalue weighted by atomic mass is 9.91. The average molecular weight is 1440 g/mol. The standard InChI is InChI=1S/C42H46S2Si2.C26H32Br2S2Si2.C8H9BO2/c1-7-45(8-2,9-3)29-27-37-39-31-35(25-23-33-19-15-13-16-20-33)44-42(39)38(28-30-46(10-4,11-5)12-6)40-32-36(43-41(37)40)26-24-34-21-17-14-18-22-34;1-7-31(8-2,9-3)15-13-19-21-17-23(27)30-26(21)20(22-18-24(28)29-25(19)22)14-16-32(10-4,11-5)12-6;10-9(11)7-6-8-4-2-1-3-5-8/h13-26,31-32H,7-12H2,1-6H3;17-18H,7-12H2,1-6H3;1-7,10-11H/b25-23+,26-24+;;7-6+. The van der Waals surface area contributed by atoms with Crippen LogP contribution >= 0.6 is 77.2 Å². The van der Waals surface area contributed by atoms with E-state index in [1.807, 2.05) is 53.0 Å². The molecule has 2 N–H and O–H groups in total. The van der Waals surface area contributed by atoms with Gasteiger partial charge in [0.15, 0.2) is 0 Å². The minimum Gasteiger partial charge on any atom is -0.424 e. The number of hydrogen-bond donors (Lipinski definition) is 2. The first-order valence-corrected chi connectivity index (χ1v) is 47.4. The van der Waals surface area contributed by atoms with E-state index in [1.165, 1.54) is 162 Å². The van der Waals surface area contributed by atoms with E-state index in [0.29, 0.717) is 0 Å². The van der Waals surface area contributed by atoms with Crippen LogP contribution in [0.4, 0.5) is 0 Å². The van der Waals surface area contributed by atoms with Gasteiger partial charge in [0.2, 0.25) is 0 Å². The average Bonchev–Trinajstić information content (AvgIpc) is 1.66. The minimum atomic E-state index is -1.65. The maximum absolute atomic E-state index is 8.48. The molecule has 0 unspecified atom stereocenters. The van der Waals surface area contributed by atoms with Crippen LogP contribution in [0.25, 0.3) is 70.7 Å². The number of rotatable bonds is 18. The predicted octanol–water partition coefficient (Wildman–Crippen LogP) is 24.4. The number of halogens is 2. The molecule has 9 rings (SSSR count). The van der Waals surface area contributed by atoms with Crippen molar-refractivity contribution in [3.63, 3.8) is 0 Å². The zero-order valence-corrected chi connectivity index (χ0v) is 64.7. The van der Waals surface area contributed by atoms with E-state index >= 15 is 0 Å². The predicted molar refractivity (Wildman–Crippen MR) is 423 cm³/mol. The molecule has 460 valence electrons. The van der Waals surface area contributed by atoms with Crippen molar-refractivity contribution in [1.82, 2.24) is 0 Å². The number of fused-ring (bicyclic) bond motifs is 4. The van der Waals surface area contributed by atoms with E-state index < -0.39 is 39.4 Å². The Morgan fingerprint density at radius 3 is 0.854 bits per heavy atom. The van der Waals surface area contributed by atoms with E-state index in [9.17, 15) is 0 Å². The van der Waals surface area contributed by atoms with Crippen LogP contribution in [0.15, 0.2) is 129 Å². The fraction of sp³-hybridized carbons (Fsp3) is 0.316. The summed E-state index contributed by atoms with van der Waals surface area (Å²) >= 11 is 14.9. The normalized spacial score (nSPS) is 11.9. The molecule has 0 saturated heterocycles. The molecule has 0 amide bonds. The van der Waals surface area contributed by atoms with Gasteiger partial charge in [0.05, 0.1) is 48.6 Å². The summed E-state index contributed by atoms with van der Waals surface area (Å²) in [5, 5.41) is 22.0. The molecule has 5 aromatic carbocycles. The monoisotopic (exact) mass is 1440 g/mol. The Kier molecular flexibility index (Phi) is 27.5. The van der Waals surface area contributed by atoms with Crippen molar-refractivity contribution in [2.24, 2.45) is 0 Å². The van der Waals surface area contributed by atoms with Gasteiger partial charge in [-0.1, -0.05) is 222 Å². The van der Waals surface area contributed by atoms with Gasteiger partial charge >= 0.3 is 7.12 Å². The van der Waals surface area contributed by atoms with Gasteiger partial charge in [-0.2, -0.15) is 0 Å². The van der Waals surface area contributed by atoms with Crippen molar-refractivity contribution in [2.75, 3.05) is 0 Å². The molecule has 4 aromatic heterocycles. The second-order valence-electron chi connectivity index (χ2n) is 22.9. The summed E-state index contributed by atoms with van der Waals surface area (Å²) in [5.41, 5.74) is 23.8. The van der Waals surface area contributed by atoms with Gasteiger partial charge in [0, 0.05) is 31.3 Å². The van der Waals surface area contributed by atoms with E-state index in [4.69, 9.17) is 10.0 Å². The Morgan fingerprint density at radius 2 is 0.596 bits per heavy atom. The molecule has 0 fully saturated rings.